The van der Waals surface area contributed by atoms with Crippen molar-refractivity contribution in [1.29, 1.82) is 0 Å². The van der Waals surface area contributed by atoms with Crippen LogP contribution in [0.15, 0.2) is 473 Å². The molecular formula is C122H78N2S4. The van der Waals surface area contributed by atoms with E-state index in [2.05, 4.69) is 483 Å². The van der Waals surface area contributed by atoms with Crippen molar-refractivity contribution in [3.8, 4) is 66.8 Å². The molecule has 4 heterocycles. The summed E-state index contributed by atoms with van der Waals surface area (Å²) in [6.07, 6.45) is 0. The molecule has 0 amide bonds. The van der Waals surface area contributed by atoms with Gasteiger partial charge < -0.3 is 9.80 Å². The minimum absolute atomic E-state index is 0.455. The molecule has 4 aromatic heterocycles. The van der Waals surface area contributed by atoms with Crippen LogP contribution in [0, 0.1) is 0 Å². The normalized spacial score (nSPS) is 12.8. The highest BCUT2D eigenvalue weighted by Crippen LogP contribution is 2.59. The molecule has 0 atom stereocenters. The van der Waals surface area contributed by atoms with Crippen molar-refractivity contribution in [2.45, 2.75) is 10.8 Å². The van der Waals surface area contributed by atoms with Gasteiger partial charge >= 0.3 is 0 Å². The van der Waals surface area contributed by atoms with E-state index in [9.17, 15) is 0 Å². The van der Waals surface area contributed by atoms with Crippen molar-refractivity contribution < 1.29 is 0 Å². The van der Waals surface area contributed by atoms with E-state index in [1.165, 1.54) is 192 Å². The lowest BCUT2D eigenvalue weighted by Gasteiger charge is -2.34. The lowest BCUT2D eigenvalue weighted by molar-refractivity contribution is 0.768. The van der Waals surface area contributed by atoms with Gasteiger partial charge in [0.05, 0.1) is 10.8 Å². The minimum Gasteiger partial charge on any atom is -0.311 e. The summed E-state index contributed by atoms with van der Waals surface area (Å²) in [5.74, 6) is 0. The van der Waals surface area contributed by atoms with E-state index in [1.54, 1.807) is 0 Å². The van der Waals surface area contributed by atoms with Crippen molar-refractivity contribution in [1.82, 2.24) is 0 Å². The molecule has 6 heteroatoms. The Morgan fingerprint density at radius 2 is 0.414 bits per heavy atom. The summed E-state index contributed by atoms with van der Waals surface area (Å²) in [6, 6.07) is 175. The van der Waals surface area contributed by atoms with Crippen LogP contribution in [0.4, 0.5) is 34.1 Å². The van der Waals surface area contributed by atoms with Crippen LogP contribution in [0.5, 0.6) is 0 Å². The zero-order valence-corrected chi connectivity index (χ0v) is 72.8. The van der Waals surface area contributed by atoms with Gasteiger partial charge in [0.1, 0.15) is 0 Å². The first-order valence-electron chi connectivity index (χ1n) is 43.8. The average molecular weight is 1700 g/mol. The van der Waals surface area contributed by atoms with Crippen molar-refractivity contribution in [3.05, 3.63) is 518 Å². The summed E-state index contributed by atoms with van der Waals surface area (Å²) in [4.78, 5) is 4.82. The third kappa shape index (κ3) is 12.2. The van der Waals surface area contributed by atoms with Gasteiger partial charge in [-0.05, 0) is 233 Å². The fourth-order valence-electron chi connectivity index (χ4n) is 21.0. The van der Waals surface area contributed by atoms with E-state index in [1.807, 2.05) is 45.3 Å². The van der Waals surface area contributed by atoms with Gasteiger partial charge in [0.25, 0.3) is 0 Å². The number of fused-ring (bicyclic) bond motifs is 18. The third-order valence-electron chi connectivity index (χ3n) is 26.8. The Morgan fingerprint density at radius 3 is 0.812 bits per heavy atom. The first-order valence-corrected chi connectivity index (χ1v) is 47.1. The Balaban J connectivity index is 0.000000139. The molecule has 0 fully saturated rings. The van der Waals surface area contributed by atoms with Gasteiger partial charge in [-0.1, -0.05) is 352 Å². The molecule has 2 aliphatic carbocycles. The molecule has 0 aliphatic heterocycles. The molecule has 2 nitrogen and oxygen atoms in total. The zero-order chi connectivity index (χ0) is 84.4. The van der Waals surface area contributed by atoms with Gasteiger partial charge in [-0.3, -0.25) is 0 Å². The van der Waals surface area contributed by atoms with Gasteiger partial charge in [-0.2, -0.15) is 0 Å². The summed E-state index contributed by atoms with van der Waals surface area (Å²) in [7, 11) is 0. The average Bonchev–Trinajstić information content (AvgIpc) is 1.54. The van der Waals surface area contributed by atoms with E-state index < -0.39 is 10.8 Å². The maximum Gasteiger partial charge on any atom is 0.0713 e. The highest BCUT2D eigenvalue weighted by atomic mass is 32.1. The Bertz CT molecular complexity index is 8340. The van der Waals surface area contributed by atoms with E-state index in [-0.39, 0.29) is 0 Å². The number of rotatable bonds is 14. The lowest BCUT2D eigenvalue weighted by Crippen LogP contribution is -2.28. The fourth-order valence-corrected chi connectivity index (χ4v) is 25.7. The molecule has 26 rings (SSSR count). The number of hydrogen-bond acceptors (Lipinski definition) is 6. The highest BCUT2D eigenvalue weighted by Gasteiger charge is 2.48. The number of hydrogen-bond donors (Lipinski definition) is 0. The molecule has 0 spiro atoms. The number of benzene rings is 20. The van der Waals surface area contributed by atoms with Crippen molar-refractivity contribution >= 4 is 160 Å². The Morgan fingerprint density at radius 1 is 0.148 bits per heavy atom. The third-order valence-corrected chi connectivity index (χ3v) is 31.5. The maximum atomic E-state index is 2.42. The second-order valence-corrected chi connectivity index (χ2v) is 37.8. The van der Waals surface area contributed by atoms with Gasteiger partial charge in [-0.15, -0.1) is 45.3 Å². The SMILES string of the molecule is c1ccc(C2(c3ccc(N(c4ccc(-c5ccc6sc7ccccc7c6c5)cc4)c4ccc(-c5cccc6c5sc5ccccc56)cc4)cc3)c3ccccc3-c3ccccc32)cc1.c1ccc(C2(c3ccc(N(c4ccc(-c5cccc6c5sc5ccccc56)cc4)c4cccc(-c5ccc6sc7ccccc7c6c5)c4)cc3)c3ccccc3-c3ccccc32)cc1. The Hall–Kier alpha value is -15.1. The molecule has 2 aliphatic rings. The second kappa shape index (κ2) is 30.9. The summed E-state index contributed by atoms with van der Waals surface area (Å²) >= 11 is 7.48. The van der Waals surface area contributed by atoms with Gasteiger partial charge in [0.15, 0.2) is 0 Å². The predicted molar refractivity (Wildman–Crippen MR) is 550 cm³/mol. The minimum atomic E-state index is -0.461. The smallest absolute Gasteiger partial charge is 0.0713 e. The van der Waals surface area contributed by atoms with E-state index >= 15 is 0 Å². The number of anilines is 6. The highest BCUT2D eigenvalue weighted by molar-refractivity contribution is 7.27. The van der Waals surface area contributed by atoms with Crippen LogP contribution < -0.4 is 9.80 Å². The second-order valence-electron chi connectivity index (χ2n) is 33.5. The summed E-state index contributed by atoms with van der Waals surface area (Å²) < 4.78 is 10.6. The number of thiophene rings is 4. The molecule has 0 N–H and O–H groups in total. The Labute approximate surface area is 759 Å². The zero-order valence-electron chi connectivity index (χ0n) is 69.6. The quantitative estimate of drug-likeness (QED) is 0.107. The monoisotopic (exact) mass is 1700 g/mol. The van der Waals surface area contributed by atoms with Crippen LogP contribution in [-0.2, 0) is 10.8 Å². The van der Waals surface area contributed by atoms with E-state index in [4.69, 9.17) is 0 Å². The van der Waals surface area contributed by atoms with Crippen molar-refractivity contribution in [2.75, 3.05) is 9.80 Å². The standard InChI is InChI=1S/2C61H39NS2/c1-2-15-43(16-3-1)61(55-24-8-4-18-49(55)50-19-5-9-25-56(50)61)44-31-35-46(36-32-44)62(45-33-28-40(29-34-45)48-22-13-23-53-51-20-6-11-27-58(51)64-60(48)53)47-17-12-14-41(38-47)42-30-37-59-54(39-42)52-21-7-10-26-57(52)63-59;1-2-13-43(14-3-1)61(55-21-8-4-15-49(55)50-16-5-9-22-56(50)61)44-30-36-47(37-31-44)62(45-32-25-40(26-33-45)42-29-38-59-54(39-42)52-18-7-10-23-57(52)63-59)46-34-27-41(28-35-46)48-19-12-20-53-51-17-6-11-24-58(51)64-60(48)53/h2*1-39H. The topological polar surface area (TPSA) is 6.48 Å². The largest absolute Gasteiger partial charge is 0.311 e. The van der Waals surface area contributed by atoms with Crippen LogP contribution >= 0.6 is 45.3 Å². The summed E-state index contributed by atoms with van der Waals surface area (Å²) in [6.45, 7) is 0. The van der Waals surface area contributed by atoms with Crippen LogP contribution in [0.25, 0.3) is 147 Å². The molecule has 24 aromatic rings. The van der Waals surface area contributed by atoms with Crippen LogP contribution in [0.3, 0.4) is 0 Å². The van der Waals surface area contributed by atoms with Gasteiger partial charge in [0.2, 0.25) is 0 Å². The summed E-state index contributed by atoms with van der Waals surface area (Å²) in [5.41, 5.74) is 31.0. The first-order chi connectivity index (χ1) is 63.4. The molecule has 0 unspecified atom stereocenters. The summed E-state index contributed by atoms with van der Waals surface area (Å²) in [5, 5.41) is 10.5. The maximum absolute atomic E-state index is 2.42. The molecule has 20 aromatic carbocycles. The molecule has 128 heavy (non-hydrogen) atoms. The van der Waals surface area contributed by atoms with Crippen LogP contribution in [0.1, 0.15) is 44.5 Å². The molecule has 0 radical (unpaired) electrons. The van der Waals surface area contributed by atoms with E-state index in [0.717, 1.165) is 34.1 Å². The Kier molecular flexibility index (Phi) is 18.2. The fraction of sp³-hybridized carbons (Fsp3) is 0.0164. The molecule has 0 saturated heterocycles. The molecule has 600 valence electrons. The van der Waals surface area contributed by atoms with Gasteiger partial charge in [-0.25, -0.2) is 0 Å². The van der Waals surface area contributed by atoms with Crippen LogP contribution in [-0.4, -0.2) is 0 Å². The first kappa shape index (κ1) is 75.4. The van der Waals surface area contributed by atoms with Gasteiger partial charge in [0, 0.05) is 115 Å². The molecular weight excluding hydrogens is 1620 g/mol. The number of nitrogens with zero attached hydrogens (tertiary/aromatic N) is 2. The van der Waals surface area contributed by atoms with Crippen molar-refractivity contribution in [2.24, 2.45) is 0 Å². The lowest BCUT2D eigenvalue weighted by atomic mass is 9.68. The predicted octanol–water partition coefficient (Wildman–Crippen LogP) is 35.2. The molecule has 0 bridgehead atoms. The van der Waals surface area contributed by atoms with Crippen molar-refractivity contribution in [3.63, 3.8) is 0 Å². The molecule has 0 saturated carbocycles. The van der Waals surface area contributed by atoms with Crippen LogP contribution in [0.2, 0.25) is 0 Å². The van der Waals surface area contributed by atoms with E-state index in [0.29, 0.717) is 0 Å².